The van der Waals surface area contributed by atoms with Gasteiger partial charge in [-0.3, -0.25) is 4.40 Å². The van der Waals surface area contributed by atoms with E-state index in [1.807, 2.05) is 60.0 Å². The minimum atomic E-state index is 0. The van der Waals surface area contributed by atoms with Crippen LogP contribution in [0.3, 0.4) is 0 Å². The van der Waals surface area contributed by atoms with Crippen LogP contribution in [0.2, 0.25) is 0 Å². The first kappa shape index (κ1) is 20.0. The van der Waals surface area contributed by atoms with Crippen molar-refractivity contribution in [3.05, 3.63) is 60.0 Å². The summed E-state index contributed by atoms with van der Waals surface area (Å²) in [6.07, 6.45) is 1.95. The zero-order chi connectivity index (χ0) is 17.5. The third kappa shape index (κ3) is 5.07. The molecule has 0 atom stereocenters. The van der Waals surface area contributed by atoms with Gasteiger partial charge in [0.15, 0.2) is 17.4 Å². The number of methoxy groups -OCH3 is 1. The van der Waals surface area contributed by atoms with E-state index in [0.29, 0.717) is 13.1 Å². The monoisotopic (exact) mass is 466 g/mol. The summed E-state index contributed by atoms with van der Waals surface area (Å²) in [5.41, 5.74) is 1.95. The van der Waals surface area contributed by atoms with E-state index in [1.54, 1.807) is 7.11 Å². The van der Waals surface area contributed by atoms with Gasteiger partial charge in [0, 0.05) is 12.7 Å². The molecule has 26 heavy (non-hydrogen) atoms. The standard InChI is InChI=1S/C18H22N6O.HI/c1-3-19-18(20-12-14-7-9-15(25-2)10-8-14)21-13-17-23-22-16-6-4-5-11-24(16)17;/h4-11H,3,12-13H2,1-2H3,(H2,19,20,21);1H. The van der Waals surface area contributed by atoms with Crippen LogP contribution in [-0.4, -0.2) is 34.2 Å². The van der Waals surface area contributed by atoms with E-state index in [-0.39, 0.29) is 24.0 Å². The van der Waals surface area contributed by atoms with Gasteiger partial charge in [-0.2, -0.15) is 0 Å². The third-order valence-corrected chi connectivity index (χ3v) is 3.72. The van der Waals surface area contributed by atoms with Crippen LogP contribution in [0, 0.1) is 0 Å². The van der Waals surface area contributed by atoms with E-state index in [1.165, 1.54) is 0 Å². The molecule has 0 saturated carbocycles. The summed E-state index contributed by atoms with van der Waals surface area (Å²) in [6, 6.07) is 13.7. The zero-order valence-electron chi connectivity index (χ0n) is 14.8. The number of aromatic nitrogens is 3. The van der Waals surface area contributed by atoms with Crippen LogP contribution in [0.5, 0.6) is 5.75 Å². The largest absolute Gasteiger partial charge is 0.497 e. The molecule has 0 unspecified atom stereocenters. The maximum Gasteiger partial charge on any atom is 0.191 e. The fraction of sp³-hybridized carbons (Fsp3) is 0.278. The summed E-state index contributed by atoms with van der Waals surface area (Å²) in [4.78, 5) is 4.61. The topological polar surface area (TPSA) is 75.8 Å². The van der Waals surface area contributed by atoms with Crippen LogP contribution in [0.15, 0.2) is 53.7 Å². The van der Waals surface area contributed by atoms with Crippen LogP contribution in [0.4, 0.5) is 0 Å². The maximum atomic E-state index is 5.17. The van der Waals surface area contributed by atoms with Gasteiger partial charge in [-0.25, -0.2) is 4.99 Å². The van der Waals surface area contributed by atoms with Crippen molar-refractivity contribution in [2.75, 3.05) is 13.7 Å². The minimum Gasteiger partial charge on any atom is -0.497 e. The predicted octanol–water partition coefficient (Wildman–Crippen LogP) is 2.61. The van der Waals surface area contributed by atoms with E-state index >= 15 is 0 Å². The Morgan fingerprint density at radius 3 is 2.65 bits per heavy atom. The second-order valence-electron chi connectivity index (χ2n) is 5.44. The van der Waals surface area contributed by atoms with Gasteiger partial charge in [0.25, 0.3) is 0 Å². The minimum absolute atomic E-state index is 0. The predicted molar refractivity (Wildman–Crippen MR) is 113 cm³/mol. The second-order valence-corrected chi connectivity index (χ2v) is 5.44. The molecule has 7 nitrogen and oxygen atoms in total. The molecule has 0 saturated heterocycles. The van der Waals surface area contributed by atoms with Gasteiger partial charge in [-0.15, -0.1) is 34.2 Å². The summed E-state index contributed by atoms with van der Waals surface area (Å²) in [5.74, 6) is 2.42. The highest BCUT2D eigenvalue weighted by Crippen LogP contribution is 2.11. The van der Waals surface area contributed by atoms with Crippen molar-refractivity contribution in [1.29, 1.82) is 0 Å². The lowest BCUT2D eigenvalue weighted by Gasteiger charge is -2.10. The molecule has 0 radical (unpaired) electrons. The van der Waals surface area contributed by atoms with Gasteiger partial charge >= 0.3 is 0 Å². The third-order valence-electron chi connectivity index (χ3n) is 3.72. The van der Waals surface area contributed by atoms with Crippen LogP contribution in [0.25, 0.3) is 5.65 Å². The van der Waals surface area contributed by atoms with E-state index in [0.717, 1.165) is 35.3 Å². The molecule has 0 spiro atoms. The molecule has 138 valence electrons. The average molecular weight is 466 g/mol. The Morgan fingerprint density at radius 1 is 1.12 bits per heavy atom. The molecule has 3 aromatic rings. The highest BCUT2D eigenvalue weighted by molar-refractivity contribution is 14.0. The summed E-state index contributed by atoms with van der Waals surface area (Å²) in [7, 11) is 1.66. The molecule has 3 rings (SSSR count). The first-order chi connectivity index (χ1) is 12.3. The lowest BCUT2D eigenvalue weighted by Crippen LogP contribution is -2.37. The van der Waals surface area contributed by atoms with E-state index < -0.39 is 0 Å². The fourth-order valence-electron chi connectivity index (χ4n) is 2.42. The van der Waals surface area contributed by atoms with Crippen molar-refractivity contribution in [2.24, 2.45) is 4.99 Å². The number of nitrogens with one attached hydrogen (secondary N) is 2. The van der Waals surface area contributed by atoms with E-state index in [2.05, 4.69) is 25.8 Å². The van der Waals surface area contributed by atoms with Crippen molar-refractivity contribution >= 4 is 35.6 Å². The van der Waals surface area contributed by atoms with Crippen molar-refractivity contribution in [1.82, 2.24) is 25.2 Å². The van der Waals surface area contributed by atoms with Gasteiger partial charge in [0.05, 0.1) is 20.2 Å². The van der Waals surface area contributed by atoms with Crippen LogP contribution < -0.4 is 15.4 Å². The number of benzene rings is 1. The summed E-state index contributed by atoms with van der Waals surface area (Å²) >= 11 is 0. The van der Waals surface area contributed by atoms with E-state index in [9.17, 15) is 0 Å². The Hall–Kier alpha value is -2.36. The van der Waals surface area contributed by atoms with Gasteiger partial charge in [-0.1, -0.05) is 18.2 Å². The molecule has 0 aliphatic rings. The number of pyridine rings is 1. The first-order valence-electron chi connectivity index (χ1n) is 8.24. The van der Waals surface area contributed by atoms with E-state index in [4.69, 9.17) is 4.74 Å². The molecule has 0 bridgehead atoms. The average Bonchev–Trinajstić information content (AvgIpc) is 3.07. The maximum absolute atomic E-state index is 5.17. The Labute approximate surface area is 169 Å². The van der Waals surface area contributed by atoms with Gasteiger partial charge in [-0.05, 0) is 36.8 Å². The number of ether oxygens (including phenoxy) is 1. The molecule has 8 heteroatoms. The SMILES string of the molecule is CCNC(=NCc1ccc(OC)cc1)NCc1nnc2ccccn12.I. The Kier molecular flexibility index (Phi) is 7.64. The lowest BCUT2D eigenvalue weighted by molar-refractivity contribution is 0.414. The number of aliphatic imine (C=N–C) groups is 1. The van der Waals surface area contributed by atoms with Crippen LogP contribution in [0.1, 0.15) is 18.3 Å². The first-order valence-corrected chi connectivity index (χ1v) is 8.24. The molecule has 1 aromatic carbocycles. The number of halogens is 1. The summed E-state index contributed by atoms with van der Waals surface area (Å²) in [6.45, 7) is 3.95. The Morgan fingerprint density at radius 2 is 1.92 bits per heavy atom. The van der Waals surface area contributed by atoms with Crippen molar-refractivity contribution in [3.8, 4) is 5.75 Å². The second kappa shape index (κ2) is 9.95. The zero-order valence-corrected chi connectivity index (χ0v) is 17.2. The highest BCUT2D eigenvalue weighted by Gasteiger charge is 2.05. The van der Waals surface area contributed by atoms with Crippen molar-refractivity contribution < 1.29 is 4.74 Å². The summed E-state index contributed by atoms with van der Waals surface area (Å²) < 4.78 is 7.13. The fourth-order valence-corrected chi connectivity index (χ4v) is 2.42. The molecule has 2 heterocycles. The number of fused-ring (bicyclic) bond motifs is 1. The molecular formula is C18H23IN6O. The quantitative estimate of drug-likeness (QED) is 0.332. The number of hydrogen-bond donors (Lipinski definition) is 2. The molecule has 2 N–H and O–H groups in total. The number of nitrogens with zero attached hydrogens (tertiary/aromatic N) is 4. The van der Waals surface area contributed by atoms with Crippen LogP contribution in [-0.2, 0) is 13.1 Å². The van der Waals surface area contributed by atoms with Gasteiger partial charge < -0.3 is 15.4 Å². The Balaban J connectivity index is 0.00000243. The smallest absolute Gasteiger partial charge is 0.191 e. The number of rotatable bonds is 6. The van der Waals surface area contributed by atoms with Gasteiger partial charge in [0.2, 0.25) is 0 Å². The normalized spacial score (nSPS) is 11.1. The molecule has 0 aliphatic heterocycles. The molecular weight excluding hydrogens is 443 g/mol. The van der Waals surface area contributed by atoms with Crippen LogP contribution >= 0.6 is 24.0 Å². The lowest BCUT2D eigenvalue weighted by atomic mass is 10.2. The number of hydrogen-bond acceptors (Lipinski definition) is 4. The molecule has 0 fully saturated rings. The summed E-state index contributed by atoms with van der Waals surface area (Å²) in [5, 5.41) is 14.9. The number of guanidine groups is 1. The molecule has 0 aliphatic carbocycles. The van der Waals surface area contributed by atoms with Crippen molar-refractivity contribution in [3.63, 3.8) is 0 Å². The molecule has 2 aromatic heterocycles. The molecule has 0 amide bonds. The highest BCUT2D eigenvalue weighted by atomic mass is 127. The van der Waals surface area contributed by atoms with Crippen molar-refractivity contribution in [2.45, 2.75) is 20.0 Å². The Bertz CT molecular complexity index is 846. The van der Waals surface area contributed by atoms with Gasteiger partial charge in [0.1, 0.15) is 5.75 Å².